The molecule has 8 nitrogen and oxygen atoms in total. The van der Waals surface area contributed by atoms with Crippen LogP contribution in [0.1, 0.15) is 12.8 Å². The molecule has 5 amide bonds. The number of hydrogen-bond acceptors (Lipinski definition) is 5. The molecular formula is C14H21ClN4O4. The molecule has 2 aliphatic rings. The largest absolute Gasteiger partial charge is 0.355 e. The van der Waals surface area contributed by atoms with E-state index in [1.165, 1.54) is 6.08 Å². The lowest BCUT2D eigenvalue weighted by Gasteiger charge is -2.14. The number of hydrogen-bond donors (Lipinski definition) is 2. The molecule has 2 rings (SSSR count). The Hall–Kier alpha value is -1.93. The zero-order chi connectivity index (χ0) is 16.1. The van der Waals surface area contributed by atoms with Crippen molar-refractivity contribution in [3.63, 3.8) is 0 Å². The molecule has 0 radical (unpaired) electrons. The second kappa shape index (κ2) is 8.64. The summed E-state index contributed by atoms with van der Waals surface area (Å²) in [5, 5.41) is 5.92. The summed E-state index contributed by atoms with van der Waals surface area (Å²) < 4.78 is 0. The number of imide groups is 2. The van der Waals surface area contributed by atoms with Gasteiger partial charge in [-0.05, 0) is 31.8 Å². The van der Waals surface area contributed by atoms with Gasteiger partial charge in [-0.2, -0.15) is 0 Å². The van der Waals surface area contributed by atoms with Gasteiger partial charge >= 0.3 is 17.8 Å². The van der Waals surface area contributed by atoms with E-state index in [4.69, 9.17) is 0 Å². The van der Waals surface area contributed by atoms with E-state index in [1.54, 1.807) is 0 Å². The molecular weight excluding hydrogens is 324 g/mol. The van der Waals surface area contributed by atoms with Crippen LogP contribution in [0.5, 0.6) is 0 Å². The Morgan fingerprint density at radius 3 is 2.61 bits per heavy atom. The molecule has 0 aromatic carbocycles. The summed E-state index contributed by atoms with van der Waals surface area (Å²) >= 11 is 0. The van der Waals surface area contributed by atoms with Gasteiger partial charge in [0.1, 0.15) is 6.54 Å². The van der Waals surface area contributed by atoms with Gasteiger partial charge in [0.15, 0.2) is 0 Å². The molecule has 0 bridgehead atoms. The molecule has 1 atom stereocenters. The summed E-state index contributed by atoms with van der Waals surface area (Å²) in [5.41, 5.74) is 0. The number of carbonyl (C=O) groups is 4. The van der Waals surface area contributed by atoms with E-state index in [0.29, 0.717) is 17.4 Å². The average Bonchev–Trinajstić information content (AvgIpc) is 3.07. The Labute approximate surface area is 140 Å². The van der Waals surface area contributed by atoms with Gasteiger partial charge < -0.3 is 10.6 Å². The van der Waals surface area contributed by atoms with Crippen LogP contribution < -0.4 is 10.6 Å². The van der Waals surface area contributed by atoms with Gasteiger partial charge in [-0.15, -0.1) is 19.0 Å². The third-order valence-electron chi connectivity index (χ3n) is 3.79. The molecule has 2 aliphatic heterocycles. The minimum atomic E-state index is -0.970. The number of halogens is 1. The van der Waals surface area contributed by atoms with Crippen molar-refractivity contribution in [2.24, 2.45) is 5.92 Å². The molecule has 0 aromatic heterocycles. The predicted molar refractivity (Wildman–Crippen MR) is 84.9 cm³/mol. The average molecular weight is 345 g/mol. The van der Waals surface area contributed by atoms with Gasteiger partial charge in [0, 0.05) is 13.1 Å². The maximum Gasteiger partial charge on any atom is 0.335 e. The Morgan fingerprint density at radius 1 is 1.30 bits per heavy atom. The molecule has 23 heavy (non-hydrogen) atoms. The first kappa shape index (κ1) is 19.1. The Bertz CT molecular complexity index is 505. The molecule has 2 heterocycles. The molecule has 2 N–H and O–H groups in total. The number of nitrogens with zero attached hydrogens (tertiary/aromatic N) is 2. The highest BCUT2D eigenvalue weighted by molar-refractivity contribution is 6.45. The molecule has 0 aliphatic carbocycles. The van der Waals surface area contributed by atoms with Crippen LogP contribution in [0, 0.1) is 5.92 Å². The lowest BCUT2D eigenvalue weighted by molar-refractivity contribution is -0.143. The molecule has 2 saturated heterocycles. The van der Waals surface area contributed by atoms with Crippen molar-refractivity contribution in [1.82, 2.24) is 20.4 Å². The summed E-state index contributed by atoms with van der Waals surface area (Å²) in [6, 6.07) is -0.773. The van der Waals surface area contributed by atoms with E-state index in [9.17, 15) is 19.2 Å². The number of nitrogens with one attached hydrogen (secondary N) is 2. The monoisotopic (exact) mass is 344 g/mol. The maximum absolute atomic E-state index is 11.9. The molecule has 0 aromatic rings. The fraction of sp³-hybridized carbons (Fsp3) is 0.571. The molecule has 0 saturated carbocycles. The smallest absolute Gasteiger partial charge is 0.335 e. The van der Waals surface area contributed by atoms with Gasteiger partial charge in [0.05, 0.1) is 0 Å². The number of amides is 5. The summed E-state index contributed by atoms with van der Waals surface area (Å²) in [6.07, 6.45) is 3.29. The molecule has 128 valence electrons. The standard InChI is InChI=1S/C14H20N4O4.ClH/c1-2-7-17-12(20)13(21)18(14(17)22)9-11(19)16-6-4-10-3-5-15-8-10;/h2,10,15H,1,3-9H2,(H,16,19);1H. The van der Waals surface area contributed by atoms with Crippen molar-refractivity contribution in [3.05, 3.63) is 12.7 Å². The van der Waals surface area contributed by atoms with Crippen LogP contribution >= 0.6 is 12.4 Å². The third kappa shape index (κ3) is 4.52. The Kier molecular flexibility index (Phi) is 7.18. The van der Waals surface area contributed by atoms with E-state index in [0.717, 1.165) is 30.8 Å². The molecule has 0 spiro atoms. The zero-order valence-electron chi connectivity index (χ0n) is 12.7. The van der Waals surface area contributed by atoms with Gasteiger partial charge in [0.2, 0.25) is 5.91 Å². The Morgan fingerprint density at radius 2 is 2.00 bits per heavy atom. The first-order chi connectivity index (χ1) is 10.5. The maximum atomic E-state index is 11.9. The SMILES string of the molecule is C=CCN1C(=O)C(=O)N(CC(=O)NCCC2CCNC2)C1=O.Cl. The number of urea groups is 1. The summed E-state index contributed by atoms with van der Waals surface area (Å²) in [5.74, 6) is -1.79. The lowest BCUT2D eigenvalue weighted by atomic mass is 10.1. The summed E-state index contributed by atoms with van der Waals surface area (Å²) in [7, 11) is 0. The van der Waals surface area contributed by atoms with Crippen molar-refractivity contribution < 1.29 is 19.2 Å². The minimum absolute atomic E-state index is 0. The summed E-state index contributed by atoms with van der Waals surface area (Å²) in [4.78, 5) is 48.5. The van der Waals surface area contributed by atoms with Gasteiger partial charge in [0.25, 0.3) is 0 Å². The van der Waals surface area contributed by atoms with Crippen LogP contribution in [0.4, 0.5) is 4.79 Å². The second-order valence-corrected chi connectivity index (χ2v) is 5.38. The van der Waals surface area contributed by atoms with Crippen LogP contribution in [0.25, 0.3) is 0 Å². The Balaban J connectivity index is 0.00000264. The first-order valence-corrected chi connectivity index (χ1v) is 7.30. The normalized spacial score (nSPS) is 20.7. The van der Waals surface area contributed by atoms with Gasteiger partial charge in [-0.25, -0.2) is 9.69 Å². The highest BCUT2D eigenvalue weighted by Crippen LogP contribution is 2.12. The van der Waals surface area contributed by atoms with E-state index in [2.05, 4.69) is 17.2 Å². The predicted octanol–water partition coefficient (Wildman–Crippen LogP) is -0.499. The molecule has 2 fully saturated rings. The highest BCUT2D eigenvalue weighted by atomic mass is 35.5. The van der Waals surface area contributed by atoms with E-state index in [1.807, 2.05) is 0 Å². The number of rotatable bonds is 7. The van der Waals surface area contributed by atoms with E-state index in [-0.39, 0.29) is 19.0 Å². The topological polar surface area (TPSA) is 98.8 Å². The third-order valence-corrected chi connectivity index (χ3v) is 3.79. The van der Waals surface area contributed by atoms with Gasteiger partial charge in [-0.3, -0.25) is 19.3 Å². The highest BCUT2D eigenvalue weighted by Gasteiger charge is 2.44. The van der Waals surface area contributed by atoms with Crippen molar-refractivity contribution in [3.8, 4) is 0 Å². The van der Waals surface area contributed by atoms with Crippen LogP contribution in [0.15, 0.2) is 12.7 Å². The van der Waals surface area contributed by atoms with Crippen molar-refractivity contribution in [2.75, 3.05) is 32.7 Å². The van der Waals surface area contributed by atoms with E-state index >= 15 is 0 Å². The van der Waals surface area contributed by atoms with Crippen LogP contribution in [0.3, 0.4) is 0 Å². The van der Waals surface area contributed by atoms with Crippen LogP contribution in [-0.2, 0) is 14.4 Å². The van der Waals surface area contributed by atoms with Crippen molar-refractivity contribution in [2.45, 2.75) is 12.8 Å². The second-order valence-electron chi connectivity index (χ2n) is 5.38. The quantitative estimate of drug-likeness (QED) is 0.368. The van der Waals surface area contributed by atoms with Crippen molar-refractivity contribution >= 4 is 36.2 Å². The fourth-order valence-corrected chi connectivity index (χ4v) is 2.56. The summed E-state index contributed by atoms with van der Waals surface area (Å²) in [6.45, 7) is 5.38. The van der Waals surface area contributed by atoms with E-state index < -0.39 is 30.3 Å². The van der Waals surface area contributed by atoms with Crippen molar-refractivity contribution in [1.29, 1.82) is 0 Å². The zero-order valence-corrected chi connectivity index (χ0v) is 13.6. The fourth-order valence-electron chi connectivity index (χ4n) is 2.56. The molecule has 1 unspecified atom stereocenters. The molecule has 9 heteroatoms. The van der Waals surface area contributed by atoms with Gasteiger partial charge in [-0.1, -0.05) is 6.08 Å². The first-order valence-electron chi connectivity index (χ1n) is 7.30. The number of carbonyl (C=O) groups excluding carboxylic acids is 4. The minimum Gasteiger partial charge on any atom is -0.355 e. The lowest BCUT2D eigenvalue weighted by Crippen LogP contribution is -2.42. The van der Waals surface area contributed by atoms with Crippen LogP contribution in [-0.4, -0.2) is 66.3 Å². The van der Waals surface area contributed by atoms with Crippen LogP contribution in [0.2, 0.25) is 0 Å².